The van der Waals surface area contributed by atoms with Crippen LogP contribution in [0.2, 0.25) is 0 Å². The molecule has 3 N–H and O–H groups in total. The zero-order chi connectivity index (χ0) is 19.9. The first kappa shape index (κ1) is 20.1. The van der Waals surface area contributed by atoms with Crippen LogP contribution in [-0.4, -0.2) is 32.2 Å². The minimum atomic E-state index is -0.0882. The zero-order valence-electron chi connectivity index (χ0n) is 16.9. The third-order valence-electron chi connectivity index (χ3n) is 4.70. The predicted octanol–water partition coefficient (Wildman–Crippen LogP) is 3.76. The number of nitrogens with zero attached hydrogens (tertiary/aromatic N) is 4. The maximum Gasteiger partial charge on any atom is 0.322 e. The highest BCUT2D eigenvalue weighted by molar-refractivity contribution is 5.53. The number of hydrogen-bond donors (Lipinski definition) is 2. The average Bonchev–Trinajstić information content (AvgIpc) is 3.14. The smallest absolute Gasteiger partial charge is 0.322 e. The van der Waals surface area contributed by atoms with Crippen LogP contribution in [0.5, 0.6) is 6.01 Å². The van der Waals surface area contributed by atoms with Gasteiger partial charge in [-0.25, -0.2) is 0 Å². The van der Waals surface area contributed by atoms with Gasteiger partial charge in [0.2, 0.25) is 5.95 Å². The third-order valence-corrected chi connectivity index (χ3v) is 4.70. The van der Waals surface area contributed by atoms with Crippen molar-refractivity contribution in [2.75, 3.05) is 11.9 Å². The molecule has 0 bridgehead atoms. The van der Waals surface area contributed by atoms with Crippen LogP contribution in [0.15, 0.2) is 36.5 Å². The van der Waals surface area contributed by atoms with Crippen molar-refractivity contribution in [3.8, 4) is 6.01 Å². The van der Waals surface area contributed by atoms with Crippen molar-refractivity contribution >= 4 is 11.6 Å². The lowest BCUT2D eigenvalue weighted by Gasteiger charge is -2.17. The van der Waals surface area contributed by atoms with E-state index in [2.05, 4.69) is 53.3 Å². The van der Waals surface area contributed by atoms with Crippen molar-refractivity contribution in [2.24, 2.45) is 5.73 Å². The molecule has 0 radical (unpaired) electrons. The molecule has 1 unspecified atom stereocenters. The van der Waals surface area contributed by atoms with Gasteiger partial charge in [-0.3, -0.25) is 0 Å². The van der Waals surface area contributed by atoms with Gasteiger partial charge in [0, 0.05) is 18.7 Å². The maximum absolute atomic E-state index is 6.04. The van der Waals surface area contributed by atoms with Crippen LogP contribution >= 0.6 is 0 Å². The van der Waals surface area contributed by atoms with Crippen LogP contribution in [-0.2, 0) is 6.54 Å². The number of fused-ring (bicyclic) bond motifs is 1. The molecule has 3 rings (SSSR count). The second-order valence-electron chi connectivity index (χ2n) is 7.28. The molecule has 150 valence electrons. The van der Waals surface area contributed by atoms with Crippen molar-refractivity contribution in [1.82, 2.24) is 19.6 Å². The molecule has 7 nitrogen and oxygen atoms in total. The predicted molar refractivity (Wildman–Crippen MR) is 112 cm³/mol. The highest BCUT2D eigenvalue weighted by Crippen LogP contribution is 2.23. The summed E-state index contributed by atoms with van der Waals surface area (Å²) in [5.74, 6) is 0.912. The van der Waals surface area contributed by atoms with E-state index in [1.165, 1.54) is 0 Å². The van der Waals surface area contributed by atoms with Crippen LogP contribution in [0.25, 0.3) is 5.65 Å². The van der Waals surface area contributed by atoms with Gasteiger partial charge in [0.1, 0.15) is 6.10 Å². The van der Waals surface area contributed by atoms with Crippen LogP contribution in [0.3, 0.4) is 0 Å². The summed E-state index contributed by atoms with van der Waals surface area (Å²) in [6, 6.07) is 10.5. The maximum atomic E-state index is 6.04. The van der Waals surface area contributed by atoms with Crippen molar-refractivity contribution in [3.05, 3.63) is 47.7 Å². The van der Waals surface area contributed by atoms with E-state index in [1.54, 1.807) is 4.52 Å². The molecule has 0 amide bonds. The van der Waals surface area contributed by atoms with Gasteiger partial charge >= 0.3 is 6.01 Å². The lowest BCUT2D eigenvalue weighted by molar-refractivity contribution is 0.179. The first-order valence-corrected chi connectivity index (χ1v) is 10.0. The van der Waals surface area contributed by atoms with Gasteiger partial charge in [0.15, 0.2) is 5.65 Å². The third kappa shape index (κ3) is 4.78. The van der Waals surface area contributed by atoms with Gasteiger partial charge in [0.25, 0.3) is 0 Å². The average molecular weight is 383 g/mol. The van der Waals surface area contributed by atoms with Crippen LogP contribution in [0, 0.1) is 0 Å². The van der Waals surface area contributed by atoms with E-state index >= 15 is 0 Å². The Bertz CT molecular complexity index is 877. The Labute approximate surface area is 166 Å². The van der Waals surface area contributed by atoms with E-state index in [0.717, 1.165) is 36.0 Å². The summed E-state index contributed by atoms with van der Waals surface area (Å²) in [5, 5.41) is 7.86. The molecule has 0 aliphatic heterocycles. The topological polar surface area (TPSA) is 90.4 Å². The van der Waals surface area contributed by atoms with E-state index in [1.807, 2.05) is 24.4 Å². The molecular formula is C21H30N6O. The van der Waals surface area contributed by atoms with Crippen molar-refractivity contribution in [2.45, 2.75) is 58.6 Å². The fourth-order valence-corrected chi connectivity index (χ4v) is 3.03. The lowest BCUT2D eigenvalue weighted by Crippen LogP contribution is -2.27. The van der Waals surface area contributed by atoms with Crippen molar-refractivity contribution in [1.29, 1.82) is 0 Å². The quantitative estimate of drug-likeness (QED) is 0.555. The van der Waals surface area contributed by atoms with Gasteiger partial charge in [0.05, 0.1) is 6.20 Å². The minimum Gasteiger partial charge on any atom is -0.459 e. The molecule has 1 atom stereocenters. The Balaban J connectivity index is 1.91. The molecule has 1 aromatic carbocycles. The van der Waals surface area contributed by atoms with Crippen molar-refractivity contribution < 1.29 is 4.74 Å². The van der Waals surface area contributed by atoms with Gasteiger partial charge < -0.3 is 15.8 Å². The molecule has 2 heterocycles. The first-order valence-electron chi connectivity index (χ1n) is 10.0. The number of aromatic nitrogens is 4. The summed E-state index contributed by atoms with van der Waals surface area (Å²) in [5.41, 5.74) is 8.88. The number of benzene rings is 1. The van der Waals surface area contributed by atoms with Gasteiger partial charge in [-0.1, -0.05) is 57.5 Å². The highest BCUT2D eigenvalue weighted by Gasteiger charge is 2.18. The molecule has 3 aromatic rings. The summed E-state index contributed by atoms with van der Waals surface area (Å²) < 4.78 is 7.79. The Morgan fingerprint density at radius 1 is 1.18 bits per heavy atom. The number of nitrogens with one attached hydrogen (secondary N) is 1. The summed E-state index contributed by atoms with van der Waals surface area (Å²) in [7, 11) is 0. The monoisotopic (exact) mass is 382 g/mol. The van der Waals surface area contributed by atoms with E-state index in [0.29, 0.717) is 31.0 Å². The molecule has 0 spiro atoms. The Morgan fingerprint density at radius 3 is 2.64 bits per heavy atom. The summed E-state index contributed by atoms with van der Waals surface area (Å²) in [6.07, 6.45) is 4.82. The number of anilines is 1. The molecule has 0 aliphatic carbocycles. The minimum absolute atomic E-state index is 0.0882. The Kier molecular flexibility index (Phi) is 6.81. The van der Waals surface area contributed by atoms with E-state index < -0.39 is 0 Å². The number of unbranched alkanes of at least 4 members (excludes halogenated alkanes) is 1. The number of nitrogens with two attached hydrogens (primary N) is 1. The molecule has 0 saturated heterocycles. The van der Waals surface area contributed by atoms with Crippen molar-refractivity contribution in [3.63, 3.8) is 0 Å². The van der Waals surface area contributed by atoms with E-state index in [9.17, 15) is 0 Å². The molecule has 2 aromatic heterocycles. The van der Waals surface area contributed by atoms with E-state index in [-0.39, 0.29) is 6.10 Å². The number of hydrogen-bond acceptors (Lipinski definition) is 6. The molecular weight excluding hydrogens is 352 g/mol. The summed E-state index contributed by atoms with van der Waals surface area (Å²) in [4.78, 5) is 9.22. The molecule has 0 aliphatic rings. The molecule has 28 heavy (non-hydrogen) atoms. The fourth-order valence-electron chi connectivity index (χ4n) is 3.03. The number of rotatable bonds is 10. The summed E-state index contributed by atoms with van der Waals surface area (Å²) in [6.45, 7) is 7.49. The largest absolute Gasteiger partial charge is 0.459 e. The molecule has 0 fully saturated rings. The zero-order valence-corrected chi connectivity index (χ0v) is 16.9. The van der Waals surface area contributed by atoms with E-state index in [4.69, 9.17) is 10.5 Å². The fraction of sp³-hybridized carbons (Fsp3) is 0.476. The van der Waals surface area contributed by atoms with Gasteiger partial charge in [-0.2, -0.15) is 19.6 Å². The normalized spacial score (nSPS) is 12.5. The lowest BCUT2D eigenvalue weighted by atomic mass is 10.1. The second kappa shape index (κ2) is 9.50. The van der Waals surface area contributed by atoms with Crippen LogP contribution < -0.4 is 15.8 Å². The first-order chi connectivity index (χ1) is 13.6. The summed E-state index contributed by atoms with van der Waals surface area (Å²) >= 11 is 0. The van der Waals surface area contributed by atoms with Gasteiger partial charge in [-0.15, -0.1) is 0 Å². The van der Waals surface area contributed by atoms with Crippen LogP contribution in [0.4, 0.5) is 5.95 Å². The molecule has 0 saturated carbocycles. The van der Waals surface area contributed by atoms with Gasteiger partial charge in [-0.05, 0) is 24.3 Å². The SMILES string of the molecule is CCCCC(CN)Oc1nc(NCc2ccccc2)n2ncc(C(C)C)c2n1. The van der Waals surface area contributed by atoms with Crippen LogP contribution in [0.1, 0.15) is 57.1 Å². The standard InChI is InChI=1S/C21H30N6O/c1-4-5-11-17(12-22)28-21-25-19-18(15(2)3)14-24-27(19)20(26-21)23-13-16-9-7-6-8-10-16/h6-10,14-15,17H,4-5,11-13,22H2,1-3H3,(H,23,25,26). The second-order valence-corrected chi connectivity index (χ2v) is 7.28. The number of ether oxygens (including phenoxy) is 1. The Morgan fingerprint density at radius 2 is 1.96 bits per heavy atom. The highest BCUT2D eigenvalue weighted by atomic mass is 16.5. The molecule has 7 heteroatoms. The Hall–Kier alpha value is -2.67.